The third-order valence-corrected chi connectivity index (χ3v) is 3.18. The first-order valence-electron chi connectivity index (χ1n) is 5.27. The predicted octanol–water partition coefficient (Wildman–Crippen LogP) is 3.77. The smallest absolute Gasteiger partial charge is 0.0995 e. The highest BCUT2D eigenvalue weighted by Crippen LogP contribution is 2.14. The van der Waals surface area contributed by atoms with Gasteiger partial charge in [0.15, 0.2) is 0 Å². The van der Waals surface area contributed by atoms with E-state index < -0.39 is 0 Å². The predicted molar refractivity (Wildman–Crippen MR) is 77.6 cm³/mol. The third kappa shape index (κ3) is 3.21. The molecule has 0 radical (unpaired) electrons. The number of benzene rings is 2. The van der Waals surface area contributed by atoms with Gasteiger partial charge in [-0.2, -0.15) is 5.26 Å². The van der Waals surface area contributed by atoms with Gasteiger partial charge >= 0.3 is 0 Å². The van der Waals surface area contributed by atoms with Crippen LogP contribution in [-0.2, 0) is 6.54 Å². The van der Waals surface area contributed by atoms with Crippen LogP contribution in [0, 0.1) is 14.9 Å². The molecule has 0 bridgehead atoms. The van der Waals surface area contributed by atoms with E-state index in [0.29, 0.717) is 6.54 Å². The molecule has 0 aliphatic carbocycles. The molecule has 0 unspecified atom stereocenters. The van der Waals surface area contributed by atoms with Gasteiger partial charge in [-0.1, -0.05) is 18.2 Å². The lowest BCUT2D eigenvalue weighted by Crippen LogP contribution is -2.01. The summed E-state index contributed by atoms with van der Waals surface area (Å²) in [6, 6.07) is 18.0. The van der Waals surface area contributed by atoms with Gasteiger partial charge in [-0.15, -0.1) is 0 Å². The molecule has 0 saturated carbocycles. The van der Waals surface area contributed by atoms with Crippen molar-refractivity contribution in [1.82, 2.24) is 0 Å². The molecule has 2 nitrogen and oxygen atoms in total. The van der Waals surface area contributed by atoms with Crippen molar-refractivity contribution in [2.45, 2.75) is 6.54 Å². The highest BCUT2D eigenvalue weighted by Gasteiger charge is 2.00. The average Bonchev–Trinajstić information content (AvgIpc) is 2.38. The van der Waals surface area contributed by atoms with Gasteiger partial charge in [-0.3, -0.25) is 0 Å². The molecule has 0 aromatic heterocycles. The van der Waals surface area contributed by atoms with Crippen molar-refractivity contribution in [1.29, 1.82) is 5.26 Å². The highest BCUT2D eigenvalue weighted by atomic mass is 127. The molecule has 3 heteroatoms. The number of hydrogen-bond donors (Lipinski definition) is 1. The molecule has 0 fully saturated rings. The Morgan fingerprint density at radius 1 is 1.06 bits per heavy atom. The maximum Gasteiger partial charge on any atom is 0.0995 e. The van der Waals surface area contributed by atoms with Crippen LogP contribution in [-0.4, -0.2) is 0 Å². The van der Waals surface area contributed by atoms with Gasteiger partial charge in [-0.05, 0) is 58.5 Å². The molecule has 84 valence electrons. The van der Waals surface area contributed by atoms with Crippen LogP contribution in [0.2, 0.25) is 0 Å². The van der Waals surface area contributed by atoms with Crippen molar-refractivity contribution in [2.75, 3.05) is 5.32 Å². The topological polar surface area (TPSA) is 35.8 Å². The number of nitrogens with zero attached hydrogens (tertiary/aromatic N) is 1. The molecule has 0 heterocycles. The molecular weight excluding hydrogens is 323 g/mol. The Balaban J connectivity index is 2.08. The maximum atomic E-state index is 8.97. The van der Waals surface area contributed by atoms with Crippen LogP contribution in [0.4, 0.5) is 5.69 Å². The Hall–Kier alpha value is -1.54. The summed E-state index contributed by atoms with van der Waals surface area (Å²) in [4.78, 5) is 0. The lowest BCUT2D eigenvalue weighted by Gasteiger charge is -2.07. The lowest BCUT2D eigenvalue weighted by molar-refractivity contribution is 1.14. The summed E-state index contributed by atoms with van der Waals surface area (Å²) >= 11 is 2.28. The minimum atomic E-state index is 0.671. The Morgan fingerprint density at radius 3 is 2.47 bits per heavy atom. The summed E-state index contributed by atoms with van der Waals surface area (Å²) in [7, 11) is 0. The van der Waals surface area contributed by atoms with E-state index in [-0.39, 0.29) is 0 Å². The van der Waals surface area contributed by atoms with Crippen LogP contribution < -0.4 is 5.32 Å². The van der Waals surface area contributed by atoms with Crippen LogP contribution in [0.15, 0.2) is 48.5 Å². The van der Waals surface area contributed by atoms with E-state index in [9.17, 15) is 0 Å². The van der Waals surface area contributed by atoms with Crippen LogP contribution in [0.25, 0.3) is 0 Å². The Labute approximate surface area is 114 Å². The number of nitriles is 1. The van der Waals surface area contributed by atoms with Crippen molar-refractivity contribution in [3.8, 4) is 6.07 Å². The minimum Gasteiger partial charge on any atom is -0.381 e. The van der Waals surface area contributed by atoms with Gasteiger partial charge in [0, 0.05) is 15.8 Å². The molecule has 0 atom stereocenters. The number of halogens is 1. The summed E-state index contributed by atoms with van der Waals surface area (Å²) in [5.41, 5.74) is 2.82. The van der Waals surface area contributed by atoms with E-state index in [0.717, 1.165) is 16.8 Å². The zero-order valence-electron chi connectivity index (χ0n) is 9.15. The first-order valence-corrected chi connectivity index (χ1v) is 6.35. The van der Waals surface area contributed by atoms with Gasteiger partial charge in [0.25, 0.3) is 0 Å². The Morgan fingerprint density at radius 2 is 1.76 bits per heavy atom. The van der Waals surface area contributed by atoms with Crippen molar-refractivity contribution in [3.63, 3.8) is 0 Å². The molecule has 0 saturated heterocycles. The zero-order valence-corrected chi connectivity index (χ0v) is 11.3. The zero-order chi connectivity index (χ0) is 12.1. The Bertz CT molecular complexity index is 541. The first kappa shape index (κ1) is 11.9. The van der Waals surface area contributed by atoms with Crippen molar-refractivity contribution in [2.24, 2.45) is 0 Å². The molecule has 2 aromatic carbocycles. The number of hydrogen-bond acceptors (Lipinski definition) is 2. The molecule has 17 heavy (non-hydrogen) atoms. The van der Waals surface area contributed by atoms with E-state index in [1.165, 1.54) is 3.57 Å². The quantitative estimate of drug-likeness (QED) is 0.868. The van der Waals surface area contributed by atoms with Gasteiger partial charge in [-0.25, -0.2) is 0 Å². The molecular formula is C14H11IN2. The molecule has 0 aliphatic rings. The van der Waals surface area contributed by atoms with Crippen molar-refractivity contribution < 1.29 is 0 Å². The van der Waals surface area contributed by atoms with Crippen LogP contribution in [0.1, 0.15) is 11.1 Å². The fourth-order valence-electron chi connectivity index (χ4n) is 1.55. The number of anilines is 1. The molecule has 0 aliphatic heterocycles. The second-order valence-corrected chi connectivity index (χ2v) is 4.88. The van der Waals surface area contributed by atoms with Gasteiger partial charge in [0.1, 0.15) is 0 Å². The Kier molecular flexibility index (Phi) is 3.99. The highest BCUT2D eigenvalue weighted by molar-refractivity contribution is 14.1. The fourth-order valence-corrected chi connectivity index (χ4v) is 1.91. The van der Waals surface area contributed by atoms with Gasteiger partial charge in [0.2, 0.25) is 0 Å². The van der Waals surface area contributed by atoms with E-state index in [2.05, 4.69) is 46.1 Å². The number of nitrogens with one attached hydrogen (secondary N) is 1. The van der Waals surface area contributed by atoms with Crippen LogP contribution in [0.5, 0.6) is 0 Å². The summed E-state index contributed by atoms with van der Waals surface area (Å²) in [5.74, 6) is 0. The third-order valence-electron chi connectivity index (χ3n) is 2.47. The average molecular weight is 334 g/mol. The standard InChI is InChI=1S/C14H11IN2/c15-13-5-7-14(8-6-13)17-10-12-4-2-1-3-11(12)9-16/h1-8,17H,10H2. The molecule has 0 amide bonds. The maximum absolute atomic E-state index is 8.97. The summed E-state index contributed by atoms with van der Waals surface area (Å²) in [6.45, 7) is 0.671. The molecule has 0 spiro atoms. The lowest BCUT2D eigenvalue weighted by atomic mass is 10.1. The second kappa shape index (κ2) is 5.69. The SMILES string of the molecule is N#Cc1ccccc1CNc1ccc(I)cc1. The van der Waals surface area contributed by atoms with Crippen molar-refractivity contribution >= 4 is 28.3 Å². The number of rotatable bonds is 3. The minimum absolute atomic E-state index is 0.671. The molecule has 2 rings (SSSR count). The van der Waals surface area contributed by atoms with Gasteiger partial charge in [0.05, 0.1) is 11.6 Å². The van der Waals surface area contributed by atoms with E-state index in [4.69, 9.17) is 5.26 Å². The largest absolute Gasteiger partial charge is 0.381 e. The molecule has 1 N–H and O–H groups in total. The monoisotopic (exact) mass is 334 g/mol. The van der Waals surface area contributed by atoms with Crippen molar-refractivity contribution in [3.05, 3.63) is 63.2 Å². The summed E-state index contributed by atoms with van der Waals surface area (Å²) < 4.78 is 1.21. The summed E-state index contributed by atoms with van der Waals surface area (Å²) in [5, 5.41) is 12.3. The second-order valence-electron chi connectivity index (χ2n) is 3.63. The summed E-state index contributed by atoms with van der Waals surface area (Å²) in [6.07, 6.45) is 0. The van der Waals surface area contributed by atoms with E-state index in [1.807, 2.05) is 36.4 Å². The normalized spacial score (nSPS) is 9.65. The van der Waals surface area contributed by atoms with Gasteiger partial charge < -0.3 is 5.32 Å². The van der Waals surface area contributed by atoms with Crippen LogP contribution >= 0.6 is 22.6 Å². The van der Waals surface area contributed by atoms with E-state index >= 15 is 0 Å². The first-order chi connectivity index (χ1) is 8.29. The van der Waals surface area contributed by atoms with Crippen LogP contribution in [0.3, 0.4) is 0 Å². The molecule has 2 aromatic rings. The fraction of sp³-hybridized carbons (Fsp3) is 0.0714. The van der Waals surface area contributed by atoms with E-state index in [1.54, 1.807) is 0 Å².